The molecule has 0 fully saturated rings. The fourth-order valence-corrected chi connectivity index (χ4v) is 6.00. The van der Waals surface area contributed by atoms with Gasteiger partial charge < -0.3 is 13.9 Å². The summed E-state index contributed by atoms with van der Waals surface area (Å²) in [4.78, 5) is 2.30. The van der Waals surface area contributed by atoms with E-state index in [1.165, 1.54) is 16.3 Å². The number of anilines is 3. The van der Waals surface area contributed by atoms with Crippen molar-refractivity contribution in [3.63, 3.8) is 0 Å². The van der Waals surface area contributed by atoms with Gasteiger partial charge in [0.25, 0.3) is 0 Å². The van der Waals surface area contributed by atoms with E-state index >= 15 is 0 Å². The Morgan fingerprint density at radius 3 is 1.80 bits per heavy atom. The van der Waals surface area contributed by atoms with Crippen LogP contribution in [0, 0.1) is 6.92 Å². The van der Waals surface area contributed by atoms with Gasteiger partial charge in [-0.3, -0.25) is 0 Å². The van der Waals surface area contributed by atoms with Gasteiger partial charge in [-0.25, -0.2) is 0 Å². The minimum Gasteiger partial charge on any atom is -0.416 e. The molecule has 5 nitrogen and oxygen atoms in total. The number of nitrogens with zero attached hydrogens (tertiary/aromatic N) is 4. The summed E-state index contributed by atoms with van der Waals surface area (Å²) in [5, 5.41) is 11.2. The summed E-state index contributed by atoms with van der Waals surface area (Å²) in [6, 6.07) is 52.5. The second kappa shape index (κ2) is 10.7. The standard InChI is InChI=1S/C39H28N4O/c1-27-21-23-36-33(25-27)34-26-31(42(29-15-7-3-8-16-29)30-17-9-4-10-18-30)22-24-37(34)43(36)35-20-12-11-19-32(35)39-41-40-38(44-39)28-13-5-2-6-14-28/h2-26H,1H3. The van der Waals surface area contributed by atoms with Crippen molar-refractivity contribution in [2.45, 2.75) is 6.92 Å². The summed E-state index contributed by atoms with van der Waals surface area (Å²) in [6.07, 6.45) is 0. The molecule has 2 heterocycles. The first-order valence-electron chi connectivity index (χ1n) is 14.7. The average Bonchev–Trinajstić information content (AvgIpc) is 3.70. The van der Waals surface area contributed by atoms with E-state index in [4.69, 9.17) is 4.42 Å². The number of hydrogen-bond donors (Lipinski definition) is 0. The second-order valence-electron chi connectivity index (χ2n) is 10.9. The van der Waals surface area contributed by atoms with Crippen LogP contribution in [0.2, 0.25) is 0 Å². The molecular weight excluding hydrogens is 540 g/mol. The zero-order valence-electron chi connectivity index (χ0n) is 24.1. The van der Waals surface area contributed by atoms with E-state index in [1.54, 1.807) is 0 Å². The Bertz CT molecular complexity index is 2200. The van der Waals surface area contributed by atoms with Crippen molar-refractivity contribution in [3.8, 4) is 28.6 Å². The number of fused-ring (bicyclic) bond motifs is 3. The molecule has 0 unspecified atom stereocenters. The minimum absolute atomic E-state index is 0.484. The molecule has 0 N–H and O–H groups in total. The predicted molar refractivity (Wildman–Crippen MR) is 179 cm³/mol. The highest BCUT2D eigenvalue weighted by Crippen LogP contribution is 2.41. The van der Waals surface area contributed by atoms with Crippen molar-refractivity contribution in [3.05, 3.63) is 157 Å². The molecule has 0 radical (unpaired) electrons. The Morgan fingerprint density at radius 1 is 0.523 bits per heavy atom. The van der Waals surface area contributed by atoms with Crippen LogP contribution in [0.3, 0.4) is 0 Å². The van der Waals surface area contributed by atoms with Gasteiger partial charge in [0.05, 0.1) is 22.3 Å². The number of aromatic nitrogens is 3. The van der Waals surface area contributed by atoms with E-state index in [2.05, 4.69) is 136 Å². The third-order valence-electron chi connectivity index (χ3n) is 8.01. The van der Waals surface area contributed by atoms with E-state index in [0.29, 0.717) is 11.8 Å². The smallest absolute Gasteiger partial charge is 0.250 e. The maximum Gasteiger partial charge on any atom is 0.250 e. The van der Waals surface area contributed by atoms with Crippen LogP contribution >= 0.6 is 0 Å². The van der Waals surface area contributed by atoms with Crippen LogP contribution in [-0.4, -0.2) is 14.8 Å². The Morgan fingerprint density at radius 2 is 1.09 bits per heavy atom. The minimum atomic E-state index is 0.484. The van der Waals surface area contributed by atoms with Crippen LogP contribution in [0.25, 0.3) is 50.4 Å². The van der Waals surface area contributed by atoms with Gasteiger partial charge >= 0.3 is 0 Å². The van der Waals surface area contributed by atoms with Crippen molar-refractivity contribution in [1.29, 1.82) is 0 Å². The lowest BCUT2D eigenvalue weighted by atomic mass is 10.1. The lowest BCUT2D eigenvalue weighted by Crippen LogP contribution is -2.09. The molecule has 0 bridgehead atoms. The van der Waals surface area contributed by atoms with Crippen molar-refractivity contribution in [2.75, 3.05) is 4.90 Å². The topological polar surface area (TPSA) is 47.1 Å². The number of rotatable bonds is 6. The lowest BCUT2D eigenvalue weighted by Gasteiger charge is -2.25. The fourth-order valence-electron chi connectivity index (χ4n) is 6.00. The lowest BCUT2D eigenvalue weighted by molar-refractivity contribution is 0.584. The Labute approximate surface area is 255 Å². The zero-order valence-corrected chi connectivity index (χ0v) is 24.1. The highest BCUT2D eigenvalue weighted by atomic mass is 16.4. The molecule has 2 aromatic heterocycles. The number of benzene rings is 6. The largest absolute Gasteiger partial charge is 0.416 e. The van der Waals surface area contributed by atoms with Gasteiger partial charge in [-0.2, -0.15) is 0 Å². The van der Waals surface area contributed by atoms with Crippen LogP contribution in [0.15, 0.2) is 156 Å². The molecule has 0 amide bonds. The van der Waals surface area contributed by atoms with Crippen LogP contribution in [0.5, 0.6) is 0 Å². The molecule has 0 saturated heterocycles. The molecule has 0 aliphatic carbocycles. The molecule has 0 spiro atoms. The predicted octanol–water partition coefficient (Wildman–Crippen LogP) is 10.3. The van der Waals surface area contributed by atoms with E-state index in [1.807, 2.05) is 42.5 Å². The van der Waals surface area contributed by atoms with E-state index < -0.39 is 0 Å². The quantitative estimate of drug-likeness (QED) is 0.200. The maximum atomic E-state index is 6.24. The monoisotopic (exact) mass is 568 g/mol. The normalized spacial score (nSPS) is 11.3. The molecule has 8 aromatic rings. The second-order valence-corrected chi connectivity index (χ2v) is 10.9. The summed E-state index contributed by atoms with van der Waals surface area (Å²) in [5.41, 5.74) is 9.48. The first kappa shape index (κ1) is 25.7. The number of hydrogen-bond acceptors (Lipinski definition) is 4. The summed E-state index contributed by atoms with van der Waals surface area (Å²) in [5.74, 6) is 0.984. The third-order valence-corrected chi connectivity index (χ3v) is 8.01. The van der Waals surface area contributed by atoms with Gasteiger partial charge in [0.15, 0.2) is 0 Å². The van der Waals surface area contributed by atoms with Crippen molar-refractivity contribution in [2.24, 2.45) is 0 Å². The summed E-state index contributed by atoms with van der Waals surface area (Å²) < 4.78 is 8.55. The molecule has 5 heteroatoms. The highest BCUT2D eigenvalue weighted by molar-refractivity contribution is 6.11. The SMILES string of the molecule is Cc1ccc2c(c1)c1cc(N(c3ccccc3)c3ccccc3)ccc1n2-c1ccccc1-c1nnc(-c2ccccc2)o1. The molecule has 0 aliphatic heterocycles. The summed E-state index contributed by atoms with van der Waals surface area (Å²) in [6.45, 7) is 2.14. The number of aryl methyl sites for hydroxylation is 1. The van der Waals surface area contributed by atoms with Gasteiger partial charge in [-0.15, -0.1) is 10.2 Å². The van der Waals surface area contributed by atoms with Gasteiger partial charge in [0, 0.05) is 33.4 Å². The zero-order chi connectivity index (χ0) is 29.5. The van der Waals surface area contributed by atoms with Crippen LogP contribution in [0.1, 0.15) is 5.56 Å². The molecule has 8 rings (SSSR count). The van der Waals surface area contributed by atoms with Crippen molar-refractivity contribution >= 4 is 38.9 Å². The molecule has 0 atom stereocenters. The molecule has 210 valence electrons. The van der Waals surface area contributed by atoms with Gasteiger partial charge in [0.2, 0.25) is 11.8 Å². The van der Waals surface area contributed by atoms with Crippen LogP contribution in [0.4, 0.5) is 17.1 Å². The first-order valence-corrected chi connectivity index (χ1v) is 14.7. The Kier molecular flexibility index (Phi) is 6.27. The maximum absolute atomic E-state index is 6.24. The molecule has 6 aromatic carbocycles. The van der Waals surface area contributed by atoms with E-state index in [0.717, 1.165) is 44.9 Å². The van der Waals surface area contributed by atoms with Crippen LogP contribution < -0.4 is 4.90 Å². The molecule has 44 heavy (non-hydrogen) atoms. The number of para-hydroxylation sites is 3. The summed E-state index contributed by atoms with van der Waals surface area (Å²) in [7, 11) is 0. The first-order chi connectivity index (χ1) is 21.7. The summed E-state index contributed by atoms with van der Waals surface area (Å²) >= 11 is 0. The van der Waals surface area contributed by atoms with Crippen molar-refractivity contribution < 1.29 is 4.42 Å². The molecule has 0 aliphatic rings. The fraction of sp³-hybridized carbons (Fsp3) is 0.0256. The van der Waals surface area contributed by atoms with E-state index in [9.17, 15) is 0 Å². The van der Waals surface area contributed by atoms with Crippen LogP contribution in [-0.2, 0) is 0 Å². The Hall–Kier alpha value is -5.94. The molecule has 0 saturated carbocycles. The van der Waals surface area contributed by atoms with Gasteiger partial charge in [-0.1, -0.05) is 78.4 Å². The van der Waals surface area contributed by atoms with E-state index in [-0.39, 0.29) is 0 Å². The molecular formula is C39H28N4O. The van der Waals surface area contributed by atoms with Gasteiger partial charge in [0.1, 0.15) is 0 Å². The van der Waals surface area contributed by atoms with Crippen molar-refractivity contribution in [1.82, 2.24) is 14.8 Å². The average molecular weight is 569 g/mol. The Balaban J connectivity index is 1.34. The highest BCUT2D eigenvalue weighted by Gasteiger charge is 2.21. The third kappa shape index (κ3) is 4.43. The van der Waals surface area contributed by atoms with Gasteiger partial charge in [-0.05, 0) is 85.8 Å².